The Morgan fingerprint density at radius 1 is 1.06 bits per heavy atom. The number of aromatic nitrogens is 2. The fourth-order valence-corrected chi connectivity index (χ4v) is 4.67. The maximum absolute atomic E-state index is 13.2. The summed E-state index contributed by atoms with van der Waals surface area (Å²) in [4.78, 5) is 25.4. The zero-order valence-electron chi connectivity index (χ0n) is 19.4. The van der Waals surface area contributed by atoms with Crippen molar-refractivity contribution in [3.8, 4) is 17.0 Å². The summed E-state index contributed by atoms with van der Waals surface area (Å²) in [5.74, 6) is 0.407. The van der Waals surface area contributed by atoms with Crippen LogP contribution in [0.4, 0.5) is 10.5 Å². The highest BCUT2D eigenvalue weighted by Crippen LogP contribution is 2.38. The molecule has 1 aromatic heterocycles. The van der Waals surface area contributed by atoms with E-state index in [1.165, 1.54) is 4.68 Å². The summed E-state index contributed by atoms with van der Waals surface area (Å²) in [6.07, 6.45) is 6.13. The fourth-order valence-electron chi connectivity index (χ4n) is 4.67. The maximum atomic E-state index is 13.2. The molecule has 7 nitrogen and oxygen atoms in total. The van der Waals surface area contributed by atoms with Crippen LogP contribution in [0, 0.1) is 12.8 Å². The molecule has 0 bridgehead atoms. The molecule has 2 aromatic carbocycles. The average molecular weight is 459 g/mol. The van der Waals surface area contributed by atoms with Crippen LogP contribution in [-0.2, 0) is 11.3 Å². The normalized spacial score (nSPS) is 15.9. The highest BCUT2D eigenvalue weighted by atomic mass is 16.3. The zero-order chi connectivity index (χ0) is 23.7. The number of hydrogen-bond acceptors (Lipinski definition) is 4. The number of aromatic hydroxyl groups is 1. The number of nitrogens with one attached hydrogen (secondary N) is 2. The molecule has 2 aliphatic rings. The number of carbonyl (C=O) groups is 2. The molecule has 0 radical (unpaired) electrons. The van der Waals surface area contributed by atoms with Crippen LogP contribution in [0.15, 0.2) is 48.5 Å². The van der Waals surface area contributed by atoms with Gasteiger partial charge in [0.05, 0.1) is 11.4 Å². The molecule has 0 saturated heterocycles. The van der Waals surface area contributed by atoms with Gasteiger partial charge in [-0.25, -0.2) is 4.79 Å². The van der Waals surface area contributed by atoms with Crippen molar-refractivity contribution < 1.29 is 14.7 Å². The first kappa shape index (κ1) is 22.2. The van der Waals surface area contributed by atoms with E-state index in [9.17, 15) is 14.7 Å². The number of phenols is 1. The van der Waals surface area contributed by atoms with Gasteiger partial charge in [-0.3, -0.25) is 4.79 Å². The van der Waals surface area contributed by atoms with Crippen molar-refractivity contribution in [3.05, 3.63) is 65.4 Å². The second-order valence-electron chi connectivity index (χ2n) is 9.43. The zero-order valence-corrected chi connectivity index (χ0v) is 19.4. The van der Waals surface area contributed by atoms with Crippen LogP contribution in [-0.4, -0.2) is 26.8 Å². The number of phenolic OH excluding ortho intramolecular Hbond substituents is 1. The maximum Gasteiger partial charge on any atom is 0.342 e. The molecule has 5 rings (SSSR count). The molecule has 1 heterocycles. The van der Waals surface area contributed by atoms with Gasteiger partial charge in [0, 0.05) is 29.6 Å². The van der Waals surface area contributed by atoms with Crippen LogP contribution >= 0.6 is 0 Å². The molecule has 0 unspecified atom stereocenters. The minimum atomic E-state index is -0.283. The predicted molar refractivity (Wildman–Crippen MR) is 131 cm³/mol. The van der Waals surface area contributed by atoms with Gasteiger partial charge >= 0.3 is 6.03 Å². The lowest BCUT2D eigenvalue weighted by Gasteiger charge is -2.13. The van der Waals surface area contributed by atoms with Crippen LogP contribution in [0.5, 0.6) is 5.75 Å². The Hall–Kier alpha value is -3.61. The SMILES string of the molecule is Cc1ccccc1CNC(=O)n1nc(-c2cc(NC(=O)C3CC3)ccc2O)cc1C1CCCC1. The summed E-state index contributed by atoms with van der Waals surface area (Å²) in [6, 6.07) is 14.6. The molecule has 176 valence electrons. The molecule has 0 aliphatic heterocycles. The van der Waals surface area contributed by atoms with Crippen molar-refractivity contribution in [2.45, 2.75) is 57.9 Å². The third-order valence-corrected chi connectivity index (χ3v) is 6.88. The summed E-state index contributed by atoms with van der Waals surface area (Å²) >= 11 is 0. The van der Waals surface area contributed by atoms with Crippen molar-refractivity contribution in [1.82, 2.24) is 15.1 Å². The predicted octanol–water partition coefficient (Wildman–Crippen LogP) is 5.33. The lowest BCUT2D eigenvalue weighted by atomic mass is 10.0. The van der Waals surface area contributed by atoms with Gasteiger partial charge < -0.3 is 15.7 Å². The number of amides is 2. The van der Waals surface area contributed by atoms with Crippen LogP contribution in [0.25, 0.3) is 11.3 Å². The molecule has 2 fully saturated rings. The topological polar surface area (TPSA) is 96.3 Å². The highest BCUT2D eigenvalue weighted by molar-refractivity contribution is 5.95. The number of anilines is 1. The number of nitrogens with zero attached hydrogens (tertiary/aromatic N) is 2. The largest absolute Gasteiger partial charge is 0.507 e. The van der Waals surface area contributed by atoms with Crippen molar-refractivity contribution in [1.29, 1.82) is 0 Å². The standard InChI is InChI=1S/C27H30N4O3/c1-17-6-2-3-9-20(17)16-28-27(34)31-24(18-7-4-5-8-18)15-23(30-31)22-14-21(12-13-25(22)32)29-26(33)19-10-11-19/h2-3,6,9,12-15,18-19,32H,4-5,7-8,10-11,16H2,1H3,(H,28,34)(H,29,33). The molecule has 7 heteroatoms. The summed E-state index contributed by atoms with van der Waals surface area (Å²) in [7, 11) is 0. The number of hydrogen-bond donors (Lipinski definition) is 3. The van der Waals surface area contributed by atoms with E-state index in [-0.39, 0.29) is 29.5 Å². The lowest BCUT2D eigenvalue weighted by molar-refractivity contribution is -0.117. The van der Waals surface area contributed by atoms with Gasteiger partial charge in [-0.15, -0.1) is 0 Å². The van der Waals surface area contributed by atoms with E-state index in [0.29, 0.717) is 23.5 Å². The average Bonchev–Trinajstić information content (AvgIpc) is 3.36. The summed E-state index contributed by atoms with van der Waals surface area (Å²) in [6.45, 7) is 2.44. The van der Waals surface area contributed by atoms with Gasteiger partial charge in [-0.1, -0.05) is 37.1 Å². The Morgan fingerprint density at radius 3 is 2.56 bits per heavy atom. The molecule has 0 spiro atoms. The first-order valence-electron chi connectivity index (χ1n) is 12.1. The summed E-state index contributed by atoms with van der Waals surface area (Å²) < 4.78 is 1.46. The Balaban J connectivity index is 1.43. The van der Waals surface area contributed by atoms with Gasteiger partial charge in [0.25, 0.3) is 0 Å². The van der Waals surface area contributed by atoms with Crippen LogP contribution in [0.3, 0.4) is 0 Å². The second kappa shape index (κ2) is 9.33. The summed E-state index contributed by atoms with van der Waals surface area (Å²) in [5.41, 5.74) is 4.68. The number of carbonyl (C=O) groups excluding carboxylic acids is 2. The molecule has 3 aromatic rings. The second-order valence-corrected chi connectivity index (χ2v) is 9.43. The Labute approximate surface area is 199 Å². The van der Waals surface area contributed by atoms with Gasteiger partial charge in [-0.05, 0) is 68.0 Å². The fraction of sp³-hybridized carbons (Fsp3) is 0.370. The van der Waals surface area contributed by atoms with Crippen LogP contribution < -0.4 is 10.6 Å². The van der Waals surface area contributed by atoms with E-state index in [4.69, 9.17) is 0 Å². The van der Waals surface area contributed by atoms with Gasteiger partial charge in [0.15, 0.2) is 0 Å². The Morgan fingerprint density at radius 2 is 1.82 bits per heavy atom. The molecule has 2 amide bonds. The van der Waals surface area contributed by atoms with Gasteiger partial charge in [0.2, 0.25) is 5.91 Å². The van der Waals surface area contributed by atoms with Crippen molar-refractivity contribution in [2.24, 2.45) is 5.92 Å². The van der Waals surface area contributed by atoms with Crippen molar-refractivity contribution in [3.63, 3.8) is 0 Å². The molecular weight excluding hydrogens is 428 g/mol. The van der Waals surface area contributed by atoms with E-state index in [0.717, 1.165) is 55.3 Å². The van der Waals surface area contributed by atoms with Crippen LogP contribution in [0.2, 0.25) is 0 Å². The minimum absolute atomic E-state index is 0.00407. The minimum Gasteiger partial charge on any atom is -0.507 e. The van der Waals surface area contributed by atoms with E-state index < -0.39 is 0 Å². The van der Waals surface area contributed by atoms with E-state index in [1.54, 1.807) is 18.2 Å². The number of rotatable bonds is 6. The molecular formula is C27H30N4O3. The van der Waals surface area contributed by atoms with E-state index in [1.807, 2.05) is 37.3 Å². The van der Waals surface area contributed by atoms with Gasteiger partial charge in [0.1, 0.15) is 5.75 Å². The van der Waals surface area contributed by atoms with Gasteiger partial charge in [-0.2, -0.15) is 9.78 Å². The van der Waals surface area contributed by atoms with E-state index >= 15 is 0 Å². The monoisotopic (exact) mass is 458 g/mol. The quantitative estimate of drug-likeness (QED) is 0.435. The lowest BCUT2D eigenvalue weighted by Crippen LogP contribution is -2.31. The van der Waals surface area contributed by atoms with Crippen molar-refractivity contribution in [2.75, 3.05) is 5.32 Å². The molecule has 0 atom stereocenters. The van der Waals surface area contributed by atoms with E-state index in [2.05, 4.69) is 15.7 Å². The Kier molecular flexibility index (Phi) is 6.09. The Bertz CT molecular complexity index is 1220. The molecule has 3 N–H and O–H groups in total. The van der Waals surface area contributed by atoms with Crippen molar-refractivity contribution >= 4 is 17.6 Å². The summed E-state index contributed by atoms with van der Waals surface area (Å²) in [5, 5.41) is 21.1. The molecule has 34 heavy (non-hydrogen) atoms. The molecule has 2 aliphatic carbocycles. The smallest absolute Gasteiger partial charge is 0.342 e. The third-order valence-electron chi connectivity index (χ3n) is 6.88. The third kappa shape index (κ3) is 4.69. The highest BCUT2D eigenvalue weighted by Gasteiger charge is 2.30. The first-order chi connectivity index (χ1) is 16.5. The molecule has 2 saturated carbocycles. The number of benzene rings is 2. The first-order valence-corrected chi connectivity index (χ1v) is 12.1. The van der Waals surface area contributed by atoms with Crippen LogP contribution in [0.1, 0.15) is 61.3 Å². The number of aryl methyl sites for hydroxylation is 1.